The highest BCUT2D eigenvalue weighted by Gasteiger charge is 2.54. The van der Waals surface area contributed by atoms with Gasteiger partial charge in [0.2, 0.25) is 0 Å². The average Bonchev–Trinajstić information content (AvgIpc) is 3.04. The topological polar surface area (TPSA) is 46.2 Å². The van der Waals surface area contributed by atoms with Gasteiger partial charge in [0.05, 0.1) is 9.64 Å². The molecule has 1 fully saturated rings. The molecule has 0 amide bonds. The lowest BCUT2D eigenvalue weighted by atomic mass is 10.1. The molecule has 94 valence electrons. The minimum atomic E-state index is -3.19. The molecule has 17 heavy (non-hydrogen) atoms. The van der Waals surface area contributed by atoms with Crippen LogP contribution in [0.2, 0.25) is 0 Å². The van der Waals surface area contributed by atoms with Gasteiger partial charge in [0, 0.05) is 6.54 Å². The first-order chi connectivity index (χ1) is 7.93. The summed E-state index contributed by atoms with van der Waals surface area (Å²) in [5, 5.41) is 2.99. The van der Waals surface area contributed by atoms with Crippen molar-refractivity contribution in [3.8, 4) is 0 Å². The molecule has 0 atom stereocenters. The van der Waals surface area contributed by atoms with Gasteiger partial charge in [0.25, 0.3) is 0 Å². The molecule has 0 aliphatic heterocycles. The first kappa shape index (κ1) is 12.6. The number of nitrogens with one attached hydrogen (secondary N) is 1. The van der Waals surface area contributed by atoms with Crippen molar-refractivity contribution in [1.82, 2.24) is 5.32 Å². The molecular formula is C13H19NO2S. The Kier molecular flexibility index (Phi) is 3.04. The summed E-state index contributed by atoms with van der Waals surface area (Å²) < 4.78 is 24.5. The Morgan fingerprint density at radius 2 is 1.88 bits per heavy atom. The zero-order valence-corrected chi connectivity index (χ0v) is 11.4. The molecule has 0 aromatic heterocycles. The maximum atomic E-state index is 12.5. The molecule has 1 N–H and O–H groups in total. The summed E-state index contributed by atoms with van der Waals surface area (Å²) in [4.78, 5) is 0.466. The second-order valence-electron chi connectivity index (χ2n) is 4.96. The van der Waals surface area contributed by atoms with Crippen molar-refractivity contribution in [2.24, 2.45) is 0 Å². The summed E-state index contributed by atoms with van der Waals surface area (Å²) in [6.07, 6.45) is 1.53. The van der Waals surface area contributed by atoms with Gasteiger partial charge in [0.1, 0.15) is 0 Å². The fourth-order valence-electron chi connectivity index (χ4n) is 2.13. The predicted octanol–water partition coefficient (Wildman–Crippen LogP) is 1.83. The first-order valence-electron chi connectivity index (χ1n) is 5.89. The Labute approximate surface area is 103 Å². The number of rotatable bonds is 4. The molecule has 1 aromatic carbocycles. The van der Waals surface area contributed by atoms with E-state index in [4.69, 9.17) is 0 Å². The van der Waals surface area contributed by atoms with E-state index in [9.17, 15) is 8.42 Å². The summed E-state index contributed by atoms with van der Waals surface area (Å²) >= 11 is 0. The zero-order valence-electron chi connectivity index (χ0n) is 10.6. The normalized spacial score (nSPS) is 18.1. The van der Waals surface area contributed by atoms with Crippen molar-refractivity contribution in [2.45, 2.75) is 36.3 Å². The quantitative estimate of drug-likeness (QED) is 0.890. The minimum Gasteiger partial charge on any atom is -0.318 e. The van der Waals surface area contributed by atoms with Crippen LogP contribution in [-0.2, 0) is 9.84 Å². The molecule has 1 aliphatic carbocycles. The van der Waals surface area contributed by atoms with Gasteiger partial charge in [-0.1, -0.05) is 6.07 Å². The molecule has 0 spiro atoms. The van der Waals surface area contributed by atoms with E-state index in [1.54, 1.807) is 19.2 Å². The standard InChI is InChI=1S/C13H19NO2S/c1-10-4-5-12(8-11(10)2)17(15,16)13(6-7-13)9-14-3/h4-5,8,14H,6-7,9H2,1-3H3. The fourth-order valence-corrected chi connectivity index (χ4v) is 4.19. The van der Waals surface area contributed by atoms with Gasteiger partial charge in [0.15, 0.2) is 9.84 Å². The molecule has 2 rings (SSSR count). The van der Waals surface area contributed by atoms with Crippen molar-refractivity contribution in [1.29, 1.82) is 0 Å². The van der Waals surface area contributed by atoms with Gasteiger partial charge in [-0.05, 0) is 57.0 Å². The van der Waals surface area contributed by atoms with Crippen molar-refractivity contribution < 1.29 is 8.42 Å². The van der Waals surface area contributed by atoms with Crippen LogP contribution in [0.5, 0.6) is 0 Å². The molecule has 4 heteroatoms. The van der Waals surface area contributed by atoms with E-state index >= 15 is 0 Å². The Hall–Kier alpha value is -0.870. The van der Waals surface area contributed by atoms with Crippen LogP contribution in [0, 0.1) is 13.8 Å². The van der Waals surface area contributed by atoms with E-state index < -0.39 is 14.6 Å². The van der Waals surface area contributed by atoms with E-state index in [-0.39, 0.29) is 0 Å². The molecular weight excluding hydrogens is 234 g/mol. The van der Waals surface area contributed by atoms with Gasteiger partial charge in [-0.2, -0.15) is 0 Å². The van der Waals surface area contributed by atoms with E-state index in [0.717, 1.165) is 24.0 Å². The molecule has 0 heterocycles. The van der Waals surface area contributed by atoms with Crippen LogP contribution in [0.1, 0.15) is 24.0 Å². The summed E-state index contributed by atoms with van der Waals surface area (Å²) in [6, 6.07) is 5.41. The van der Waals surface area contributed by atoms with Crippen LogP contribution >= 0.6 is 0 Å². The average molecular weight is 253 g/mol. The molecule has 3 nitrogen and oxygen atoms in total. The third kappa shape index (κ3) is 2.00. The van der Waals surface area contributed by atoms with Crippen molar-refractivity contribution >= 4 is 9.84 Å². The number of sulfone groups is 1. The molecule has 1 aromatic rings. The number of benzene rings is 1. The van der Waals surface area contributed by atoms with Crippen LogP contribution in [0.4, 0.5) is 0 Å². The monoisotopic (exact) mass is 253 g/mol. The molecule has 0 saturated heterocycles. The van der Waals surface area contributed by atoms with Crippen LogP contribution in [0.3, 0.4) is 0 Å². The van der Waals surface area contributed by atoms with Crippen LogP contribution in [-0.4, -0.2) is 26.8 Å². The molecule has 0 radical (unpaired) electrons. The number of aryl methyl sites for hydroxylation is 2. The van der Waals surface area contributed by atoms with Crippen molar-refractivity contribution in [3.05, 3.63) is 29.3 Å². The summed E-state index contributed by atoms with van der Waals surface area (Å²) in [6.45, 7) is 4.49. The molecule has 1 aliphatic rings. The zero-order chi connectivity index (χ0) is 12.7. The summed E-state index contributed by atoms with van der Waals surface area (Å²) in [5.74, 6) is 0. The van der Waals surface area contributed by atoms with E-state index in [2.05, 4.69) is 5.32 Å². The SMILES string of the molecule is CNCC1(S(=O)(=O)c2ccc(C)c(C)c2)CC1. The lowest BCUT2D eigenvalue weighted by Gasteiger charge is -2.16. The van der Waals surface area contributed by atoms with Crippen LogP contribution < -0.4 is 5.32 Å². The third-order valence-electron chi connectivity index (χ3n) is 3.67. The fraction of sp³-hybridized carbons (Fsp3) is 0.538. The molecule has 1 saturated carbocycles. The van der Waals surface area contributed by atoms with E-state index in [1.807, 2.05) is 19.9 Å². The Bertz CT molecular complexity index is 530. The highest BCUT2D eigenvalue weighted by atomic mass is 32.2. The second kappa shape index (κ2) is 4.10. The van der Waals surface area contributed by atoms with Gasteiger partial charge in [-0.25, -0.2) is 8.42 Å². The third-order valence-corrected chi connectivity index (χ3v) is 6.23. The second-order valence-corrected chi connectivity index (χ2v) is 7.31. The van der Waals surface area contributed by atoms with Crippen molar-refractivity contribution in [2.75, 3.05) is 13.6 Å². The smallest absolute Gasteiger partial charge is 0.185 e. The highest BCUT2D eigenvalue weighted by molar-refractivity contribution is 7.93. The Morgan fingerprint density at radius 1 is 1.24 bits per heavy atom. The van der Waals surface area contributed by atoms with E-state index in [0.29, 0.717) is 11.4 Å². The lowest BCUT2D eigenvalue weighted by molar-refractivity contribution is 0.569. The largest absolute Gasteiger partial charge is 0.318 e. The minimum absolute atomic E-state index is 0.466. The Balaban J connectivity index is 2.42. The van der Waals surface area contributed by atoms with Gasteiger partial charge in [-0.15, -0.1) is 0 Å². The first-order valence-corrected chi connectivity index (χ1v) is 7.38. The summed E-state index contributed by atoms with van der Waals surface area (Å²) in [7, 11) is -1.39. The van der Waals surface area contributed by atoms with Gasteiger partial charge in [-0.3, -0.25) is 0 Å². The van der Waals surface area contributed by atoms with E-state index in [1.165, 1.54) is 0 Å². The number of hydrogen-bond acceptors (Lipinski definition) is 3. The summed E-state index contributed by atoms with van der Waals surface area (Å²) in [5.41, 5.74) is 2.16. The van der Waals surface area contributed by atoms with Crippen LogP contribution in [0.15, 0.2) is 23.1 Å². The highest BCUT2D eigenvalue weighted by Crippen LogP contribution is 2.46. The maximum absolute atomic E-state index is 12.5. The van der Waals surface area contributed by atoms with Gasteiger partial charge >= 0.3 is 0 Å². The van der Waals surface area contributed by atoms with Gasteiger partial charge < -0.3 is 5.32 Å². The molecule has 0 bridgehead atoms. The lowest BCUT2D eigenvalue weighted by Crippen LogP contribution is -2.33. The molecule has 0 unspecified atom stereocenters. The predicted molar refractivity (Wildman–Crippen MR) is 69.0 cm³/mol. The van der Waals surface area contributed by atoms with Crippen molar-refractivity contribution in [3.63, 3.8) is 0 Å². The van der Waals surface area contributed by atoms with Crippen LogP contribution in [0.25, 0.3) is 0 Å². The maximum Gasteiger partial charge on any atom is 0.185 e. The number of hydrogen-bond donors (Lipinski definition) is 1. The Morgan fingerprint density at radius 3 is 2.35 bits per heavy atom.